The Labute approximate surface area is 124 Å². The zero-order valence-electron chi connectivity index (χ0n) is 13.0. The standard InChI is InChI=1S/C13H26N4O4/c1-8(14)11(19)16-9(10(15)18)6-5-7-17(12(20)21)13(2,3)4/h8-9H,5-7,14H2,1-4H3,(H2,15,18)(H,16,19)(H,20,21)/t8-,9+/m1/s1. The number of nitrogens with zero attached hydrogens (tertiary/aromatic N) is 1. The second kappa shape index (κ2) is 7.82. The van der Waals surface area contributed by atoms with Crippen molar-refractivity contribution in [1.82, 2.24) is 10.2 Å². The number of carboxylic acid groups (broad SMARTS) is 1. The molecule has 21 heavy (non-hydrogen) atoms. The second-order valence-electron chi connectivity index (χ2n) is 6.00. The minimum atomic E-state index is -1.03. The van der Waals surface area contributed by atoms with Gasteiger partial charge in [-0.2, -0.15) is 0 Å². The van der Waals surface area contributed by atoms with Crippen LogP contribution in [0.4, 0.5) is 4.79 Å². The van der Waals surface area contributed by atoms with E-state index in [1.165, 1.54) is 11.8 Å². The molecule has 0 aromatic heterocycles. The van der Waals surface area contributed by atoms with E-state index < -0.39 is 35.5 Å². The lowest BCUT2D eigenvalue weighted by Gasteiger charge is -2.33. The fourth-order valence-corrected chi connectivity index (χ4v) is 1.76. The topological polar surface area (TPSA) is 139 Å². The molecule has 0 aliphatic rings. The van der Waals surface area contributed by atoms with Crippen LogP contribution in [0, 0.1) is 0 Å². The van der Waals surface area contributed by atoms with Gasteiger partial charge in [-0.05, 0) is 40.5 Å². The van der Waals surface area contributed by atoms with Crippen molar-refractivity contribution >= 4 is 17.9 Å². The normalized spacial score (nSPS) is 14.1. The van der Waals surface area contributed by atoms with Crippen LogP contribution in [0.3, 0.4) is 0 Å². The van der Waals surface area contributed by atoms with Crippen molar-refractivity contribution in [3.63, 3.8) is 0 Å². The van der Waals surface area contributed by atoms with E-state index in [4.69, 9.17) is 16.6 Å². The van der Waals surface area contributed by atoms with Crippen molar-refractivity contribution in [1.29, 1.82) is 0 Å². The first-order chi connectivity index (χ1) is 9.46. The number of nitrogens with one attached hydrogen (secondary N) is 1. The molecule has 0 fully saturated rings. The molecule has 0 saturated heterocycles. The molecule has 0 unspecified atom stereocenters. The molecule has 3 amide bonds. The Hall–Kier alpha value is -1.83. The van der Waals surface area contributed by atoms with Gasteiger partial charge in [0.05, 0.1) is 6.04 Å². The van der Waals surface area contributed by atoms with E-state index in [0.29, 0.717) is 6.42 Å². The van der Waals surface area contributed by atoms with E-state index >= 15 is 0 Å². The molecule has 0 aliphatic heterocycles. The van der Waals surface area contributed by atoms with Crippen molar-refractivity contribution in [2.75, 3.05) is 6.54 Å². The van der Waals surface area contributed by atoms with Crippen LogP contribution in [0.5, 0.6) is 0 Å². The van der Waals surface area contributed by atoms with Gasteiger partial charge < -0.3 is 26.8 Å². The molecular formula is C13H26N4O4. The summed E-state index contributed by atoms with van der Waals surface area (Å²) in [5.41, 5.74) is 10.1. The molecule has 0 heterocycles. The zero-order valence-corrected chi connectivity index (χ0v) is 13.0. The van der Waals surface area contributed by atoms with Crippen LogP contribution in [0.1, 0.15) is 40.5 Å². The van der Waals surface area contributed by atoms with Crippen LogP contribution in [-0.2, 0) is 9.59 Å². The Balaban J connectivity index is 4.54. The Morgan fingerprint density at radius 2 is 1.81 bits per heavy atom. The van der Waals surface area contributed by atoms with Crippen LogP contribution in [-0.4, -0.2) is 52.1 Å². The third kappa shape index (κ3) is 6.94. The number of carbonyl (C=O) groups is 3. The lowest BCUT2D eigenvalue weighted by Crippen LogP contribution is -2.50. The molecular weight excluding hydrogens is 276 g/mol. The van der Waals surface area contributed by atoms with Crippen LogP contribution >= 0.6 is 0 Å². The van der Waals surface area contributed by atoms with E-state index in [9.17, 15) is 14.4 Å². The Kier molecular flexibility index (Phi) is 7.14. The summed E-state index contributed by atoms with van der Waals surface area (Å²) < 4.78 is 0. The van der Waals surface area contributed by atoms with Gasteiger partial charge in [-0.1, -0.05) is 0 Å². The van der Waals surface area contributed by atoms with Gasteiger partial charge in [-0.3, -0.25) is 9.59 Å². The molecule has 0 aliphatic carbocycles. The first-order valence-electron chi connectivity index (χ1n) is 6.82. The maximum Gasteiger partial charge on any atom is 0.407 e. The van der Waals surface area contributed by atoms with Gasteiger partial charge in [0, 0.05) is 12.1 Å². The largest absolute Gasteiger partial charge is 0.465 e. The van der Waals surface area contributed by atoms with Crippen molar-refractivity contribution < 1.29 is 19.5 Å². The maximum absolute atomic E-state index is 11.5. The summed E-state index contributed by atoms with van der Waals surface area (Å²) in [6.07, 6.45) is -0.373. The van der Waals surface area contributed by atoms with Crippen LogP contribution in [0.15, 0.2) is 0 Å². The Morgan fingerprint density at radius 3 is 2.14 bits per heavy atom. The van der Waals surface area contributed by atoms with Gasteiger partial charge in [0.2, 0.25) is 11.8 Å². The summed E-state index contributed by atoms with van der Waals surface area (Å²) in [6.45, 7) is 7.09. The molecule has 0 saturated carbocycles. The van der Waals surface area contributed by atoms with E-state index in [0.717, 1.165) is 0 Å². The highest BCUT2D eigenvalue weighted by Gasteiger charge is 2.26. The van der Waals surface area contributed by atoms with Gasteiger partial charge in [0.1, 0.15) is 6.04 Å². The molecule has 0 aromatic carbocycles. The molecule has 0 rings (SSSR count). The monoisotopic (exact) mass is 302 g/mol. The van der Waals surface area contributed by atoms with Crippen LogP contribution < -0.4 is 16.8 Å². The van der Waals surface area contributed by atoms with E-state index in [1.807, 2.05) is 0 Å². The lowest BCUT2D eigenvalue weighted by atomic mass is 10.0. The number of nitrogens with two attached hydrogens (primary N) is 2. The van der Waals surface area contributed by atoms with Gasteiger partial charge in [-0.15, -0.1) is 0 Å². The van der Waals surface area contributed by atoms with Crippen molar-refractivity contribution in [3.05, 3.63) is 0 Å². The molecule has 0 spiro atoms. The maximum atomic E-state index is 11.5. The molecule has 8 nitrogen and oxygen atoms in total. The van der Waals surface area contributed by atoms with Gasteiger partial charge >= 0.3 is 6.09 Å². The fraction of sp³-hybridized carbons (Fsp3) is 0.769. The third-order valence-electron chi connectivity index (χ3n) is 2.99. The summed E-state index contributed by atoms with van der Waals surface area (Å²) in [6, 6.07) is -1.59. The number of rotatable bonds is 7. The minimum Gasteiger partial charge on any atom is -0.465 e. The van der Waals surface area contributed by atoms with Crippen molar-refractivity contribution in [3.8, 4) is 0 Å². The minimum absolute atomic E-state index is 0.247. The highest BCUT2D eigenvalue weighted by molar-refractivity contribution is 5.88. The van der Waals surface area contributed by atoms with Crippen LogP contribution in [0.2, 0.25) is 0 Å². The average molecular weight is 302 g/mol. The SMILES string of the molecule is C[C@@H](N)C(=O)N[C@@H](CCCN(C(=O)O)C(C)(C)C)C(N)=O. The number of amides is 3. The first kappa shape index (κ1) is 19.2. The molecule has 0 aromatic rings. The van der Waals surface area contributed by atoms with Gasteiger partial charge in [0.25, 0.3) is 0 Å². The lowest BCUT2D eigenvalue weighted by molar-refractivity contribution is -0.128. The van der Waals surface area contributed by atoms with E-state index in [2.05, 4.69) is 5.32 Å². The summed E-state index contributed by atoms with van der Waals surface area (Å²) in [5, 5.41) is 11.6. The quantitative estimate of drug-likeness (QED) is 0.518. The number of primary amides is 1. The summed E-state index contributed by atoms with van der Waals surface area (Å²) in [7, 11) is 0. The Bertz CT molecular complexity index is 390. The number of hydrogen-bond donors (Lipinski definition) is 4. The van der Waals surface area contributed by atoms with E-state index in [1.54, 1.807) is 20.8 Å². The molecule has 122 valence electrons. The highest BCUT2D eigenvalue weighted by atomic mass is 16.4. The smallest absolute Gasteiger partial charge is 0.407 e. The highest BCUT2D eigenvalue weighted by Crippen LogP contribution is 2.14. The summed E-state index contributed by atoms with van der Waals surface area (Å²) in [5.74, 6) is -1.13. The summed E-state index contributed by atoms with van der Waals surface area (Å²) in [4.78, 5) is 35.2. The van der Waals surface area contributed by atoms with E-state index in [-0.39, 0.29) is 13.0 Å². The second-order valence-corrected chi connectivity index (χ2v) is 6.00. The first-order valence-corrected chi connectivity index (χ1v) is 6.82. The zero-order chi connectivity index (χ0) is 16.8. The average Bonchev–Trinajstić information content (AvgIpc) is 2.29. The predicted octanol–water partition coefficient (Wildman–Crippen LogP) is -0.138. The van der Waals surface area contributed by atoms with Gasteiger partial charge in [0.15, 0.2) is 0 Å². The van der Waals surface area contributed by atoms with Gasteiger partial charge in [-0.25, -0.2) is 4.79 Å². The Morgan fingerprint density at radius 1 is 1.29 bits per heavy atom. The fourth-order valence-electron chi connectivity index (χ4n) is 1.76. The number of hydrogen-bond acceptors (Lipinski definition) is 4. The summed E-state index contributed by atoms with van der Waals surface area (Å²) >= 11 is 0. The number of carbonyl (C=O) groups excluding carboxylic acids is 2. The molecule has 6 N–H and O–H groups in total. The molecule has 0 radical (unpaired) electrons. The molecule has 0 bridgehead atoms. The van der Waals surface area contributed by atoms with Crippen molar-refractivity contribution in [2.45, 2.75) is 58.2 Å². The van der Waals surface area contributed by atoms with Crippen LogP contribution in [0.25, 0.3) is 0 Å². The van der Waals surface area contributed by atoms with Crippen molar-refractivity contribution in [2.24, 2.45) is 11.5 Å². The molecule has 2 atom stereocenters. The third-order valence-corrected chi connectivity index (χ3v) is 2.99. The molecule has 8 heteroatoms. The predicted molar refractivity (Wildman–Crippen MR) is 78.5 cm³/mol.